The van der Waals surface area contributed by atoms with Crippen molar-refractivity contribution in [2.75, 3.05) is 6.54 Å². The average Bonchev–Trinajstić information content (AvgIpc) is 3.00. The molecule has 3 rings (SSSR count). The number of carbonyl (C=O) groups is 1. The molecule has 5 nitrogen and oxygen atoms in total. The lowest BCUT2D eigenvalue weighted by Crippen LogP contribution is -2.43. The minimum Gasteiger partial charge on any atom is -0.481 e. The second kappa shape index (κ2) is 5.22. The molecule has 2 atom stereocenters. The summed E-state index contributed by atoms with van der Waals surface area (Å²) in [7, 11) is -3.72. The molecule has 2 aliphatic rings. The number of sulfonamides is 1. The lowest BCUT2D eigenvalue weighted by Gasteiger charge is -2.28. The molecule has 2 fully saturated rings. The van der Waals surface area contributed by atoms with Gasteiger partial charge in [0.25, 0.3) is 0 Å². The molecule has 0 spiro atoms. The fourth-order valence-electron chi connectivity index (χ4n) is 3.74. The predicted octanol–water partition coefficient (Wildman–Crippen LogP) is 2.67. The fourth-order valence-corrected chi connectivity index (χ4v) is 5.74. The highest BCUT2D eigenvalue weighted by Crippen LogP contribution is 2.50. The number of halogens is 1. The molecule has 22 heavy (non-hydrogen) atoms. The lowest BCUT2D eigenvalue weighted by molar-refractivity contribution is -0.149. The van der Waals surface area contributed by atoms with Crippen LogP contribution in [-0.2, 0) is 14.8 Å². The second-order valence-electron chi connectivity index (χ2n) is 6.15. The van der Waals surface area contributed by atoms with Gasteiger partial charge in [-0.2, -0.15) is 4.31 Å². The topological polar surface area (TPSA) is 74.7 Å². The van der Waals surface area contributed by atoms with E-state index in [0.717, 1.165) is 12.0 Å². The quantitative estimate of drug-likeness (QED) is 0.915. The Morgan fingerprint density at radius 3 is 2.77 bits per heavy atom. The van der Waals surface area contributed by atoms with Gasteiger partial charge in [-0.15, -0.1) is 0 Å². The molecule has 1 aliphatic carbocycles. The van der Waals surface area contributed by atoms with Gasteiger partial charge < -0.3 is 5.11 Å². The summed E-state index contributed by atoms with van der Waals surface area (Å²) in [5.41, 5.74) is -0.107. The van der Waals surface area contributed by atoms with Crippen LogP contribution in [0.15, 0.2) is 23.1 Å². The number of hydrogen-bond donors (Lipinski definition) is 1. The van der Waals surface area contributed by atoms with Crippen molar-refractivity contribution < 1.29 is 18.3 Å². The highest BCUT2D eigenvalue weighted by Gasteiger charge is 2.58. The van der Waals surface area contributed by atoms with E-state index in [1.807, 2.05) is 0 Å². The van der Waals surface area contributed by atoms with Crippen LogP contribution in [0.5, 0.6) is 0 Å². The number of fused-ring (bicyclic) bond motifs is 1. The van der Waals surface area contributed by atoms with Crippen molar-refractivity contribution in [2.45, 2.75) is 43.5 Å². The average molecular weight is 344 g/mol. The third-order valence-electron chi connectivity index (χ3n) is 5.04. The second-order valence-corrected chi connectivity index (χ2v) is 8.44. The summed E-state index contributed by atoms with van der Waals surface area (Å²) in [4.78, 5) is 11.8. The number of carboxylic acid groups (broad SMARTS) is 1. The Morgan fingerprint density at radius 2 is 2.14 bits per heavy atom. The van der Waals surface area contributed by atoms with Crippen LogP contribution in [0.1, 0.15) is 31.2 Å². The summed E-state index contributed by atoms with van der Waals surface area (Å²) in [6, 6.07) is 4.20. The van der Waals surface area contributed by atoms with Crippen molar-refractivity contribution in [2.24, 2.45) is 5.41 Å². The number of aryl methyl sites for hydroxylation is 1. The van der Waals surface area contributed by atoms with Crippen LogP contribution in [0.25, 0.3) is 0 Å². The minimum atomic E-state index is -3.72. The molecule has 1 aliphatic heterocycles. The SMILES string of the molecule is Cc1ccc(S(=O)(=O)N2CC[C@]3(C(=O)O)CCC[C@H]23)cc1Cl. The Balaban J connectivity index is 2.00. The summed E-state index contributed by atoms with van der Waals surface area (Å²) in [5.74, 6) is -0.880. The maximum atomic E-state index is 12.9. The van der Waals surface area contributed by atoms with Crippen molar-refractivity contribution in [1.29, 1.82) is 0 Å². The van der Waals surface area contributed by atoms with Gasteiger partial charge in [0.15, 0.2) is 0 Å². The molecule has 7 heteroatoms. The molecule has 0 unspecified atom stereocenters. The molecule has 1 N–H and O–H groups in total. The Labute approximate surface area is 134 Å². The highest BCUT2D eigenvalue weighted by molar-refractivity contribution is 7.89. The van der Waals surface area contributed by atoms with Crippen molar-refractivity contribution in [3.05, 3.63) is 28.8 Å². The number of carboxylic acids is 1. The van der Waals surface area contributed by atoms with E-state index in [-0.39, 0.29) is 11.4 Å². The standard InChI is InChI=1S/C15H18ClNO4S/c1-10-4-5-11(9-12(10)16)22(20,21)17-8-7-15(14(18)19)6-2-3-13(15)17/h4-5,9,13H,2-3,6-8H2,1H3,(H,18,19)/t13-,15+/m0/s1. The van der Waals surface area contributed by atoms with Crippen LogP contribution >= 0.6 is 11.6 Å². The van der Waals surface area contributed by atoms with Crippen molar-refractivity contribution in [3.8, 4) is 0 Å². The van der Waals surface area contributed by atoms with Gasteiger partial charge in [0, 0.05) is 17.6 Å². The number of hydrogen-bond acceptors (Lipinski definition) is 3. The van der Waals surface area contributed by atoms with Crippen molar-refractivity contribution in [3.63, 3.8) is 0 Å². The summed E-state index contributed by atoms with van der Waals surface area (Å²) in [6.07, 6.45) is 2.28. The van der Waals surface area contributed by atoms with Gasteiger partial charge in [0.2, 0.25) is 10.0 Å². The van der Waals surface area contributed by atoms with Crippen molar-refractivity contribution in [1.82, 2.24) is 4.31 Å². The van der Waals surface area contributed by atoms with Crippen LogP contribution in [0, 0.1) is 12.3 Å². The molecule has 1 heterocycles. The van der Waals surface area contributed by atoms with Gasteiger partial charge in [0.1, 0.15) is 0 Å². The van der Waals surface area contributed by atoms with Gasteiger partial charge in [-0.25, -0.2) is 8.42 Å². The summed E-state index contributed by atoms with van der Waals surface area (Å²) >= 11 is 6.04. The normalized spacial score (nSPS) is 28.7. The van der Waals surface area contributed by atoms with Gasteiger partial charge in [-0.1, -0.05) is 24.1 Å². The lowest BCUT2D eigenvalue weighted by atomic mass is 9.83. The third-order valence-corrected chi connectivity index (χ3v) is 7.35. The maximum Gasteiger partial charge on any atom is 0.311 e. The molecular formula is C15H18ClNO4S. The summed E-state index contributed by atoms with van der Waals surface area (Å²) in [5, 5.41) is 9.97. The van der Waals surface area contributed by atoms with Crippen LogP contribution in [-0.4, -0.2) is 36.4 Å². The molecule has 0 radical (unpaired) electrons. The van der Waals surface area contributed by atoms with E-state index in [2.05, 4.69) is 0 Å². The first-order chi connectivity index (χ1) is 10.3. The molecule has 0 bridgehead atoms. The van der Waals surface area contributed by atoms with Gasteiger partial charge in [-0.05, 0) is 43.9 Å². The molecule has 1 saturated heterocycles. The monoisotopic (exact) mass is 343 g/mol. The van der Waals surface area contributed by atoms with Crippen molar-refractivity contribution >= 4 is 27.6 Å². The highest BCUT2D eigenvalue weighted by atomic mass is 35.5. The van der Waals surface area contributed by atoms with Crippen LogP contribution in [0.2, 0.25) is 5.02 Å². The van der Waals surface area contributed by atoms with E-state index >= 15 is 0 Å². The zero-order chi connectivity index (χ0) is 16.1. The van der Waals surface area contributed by atoms with Crippen LogP contribution < -0.4 is 0 Å². The van der Waals surface area contributed by atoms with Gasteiger partial charge in [-0.3, -0.25) is 4.79 Å². The number of benzene rings is 1. The van der Waals surface area contributed by atoms with Crippen LogP contribution in [0.4, 0.5) is 0 Å². The largest absolute Gasteiger partial charge is 0.481 e. The first-order valence-electron chi connectivity index (χ1n) is 7.30. The predicted molar refractivity (Wildman–Crippen MR) is 82.4 cm³/mol. The summed E-state index contributed by atoms with van der Waals surface area (Å²) < 4.78 is 27.1. The number of aliphatic carboxylic acids is 1. The Hall–Kier alpha value is -1.11. The summed E-state index contributed by atoms with van der Waals surface area (Å²) in [6.45, 7) is 2.06. The van der Waals surface area contributed by atoms with E-state index in [1.54, 1.807) is 13.0 Å². The number of rotatable bonds is 3. The molecule has 1 aromatic rings. The molecule has 0 aromatic heterocycles. The van der Waals surface area contributed by atoms with E-state index in [9.17, 15) is 18.3 Å². The molecule has 1 saturated carbocycles. The molecular weight excluding hydrogens is 326 g/mol. The van der Waals surface area contributed by atoms with Gasteiger partial charge >= 0.3 is 5.97 Å². The Morgan fingerprint density at radius 1 is 1.41 bits per heavy atom. The first kappa shape index (κ1) is 15.8. The number of nitrogens with zero attached hydrogens (tertiary/aromatic N) is 1. The smallest absolute Gasteiger partial charge is 0.311 e. The zero-order valence-corrected chi connectivity index (χ0v) is 13.8. The molecule has 1 aromatic carbocycles. The molecule has 120 valence electrons. The van der Waals surface area contributed by atoms with E-state index < -0.39 is 27.4 Å². The third kappa shape index (κ3) is 2.16. The molecule has 0 amide bonds. The minimum absolute atomic E-state index is 0.135. The van der Waals surface area contributed by atoms with Gasteiger partial charge in [0.05, 0.1) is 10.3 Å². The fraction of sp³-hybridized carbons (Fsp3) is 0.533. The zero-order valence-electron chi connectivity index (χ0n) is 12.3. The Kier molecular flexibility index (Phi) is 3.74. The van der Waals surface area contributed by atoms with E-state index in [4.69, 9.17) is 11.6 Å². The van der Waals surface area contributed by atoms with E-state index in [1.165, 1.54) is 16.4 Å². The Bertz CT molecular complexity index is 733. The first-order valence-corrected chi connectivity index (χ1v) is 9.12. The van der Waals surface area contributed by atoms with Crippen LogP contribution in [0.3, 0.4) is 0 Å². The maximum absolute atomic E-state index is 12.9. The van der Waals surface area contributed by atoms with E-state index in [0.29, 0.717) is 24.3 Å².